The van der Waals surface area contributed by atoms with Crippen LogP contribution < -0.4 is 5.73 Å². The van der Waals surface area contributed by atoms with Crippen molar-refractivity contribution in [3.63, 3.8) is 0 Å². The predicted molar refractivity (Wildman–Crippen MR) is 62.3 cm³/mol. The lowest BCUT2D eigenvalue weighted by atomic mass is 10.1. The average molecular weight is 208 g/mol. The lowest BCUT2D eigenvalue weighted by Gasteiger charge is -2.25. The van der Waals surface area contributed by atoms with Gasteiger partial charge in [-0.3, -0.25) is 9.88 Å². The summed E-state index contributed by atoms with van der Waals surface area (Å²) in [5.41, 5.74) is 6.45. The Morgan fingerprint density at radius 2 is 1.93 bits per heavy atom. The van der Waals surface area contributed by atoms with Crippen molar-refractivity contribution in [3.05, 3.63) is 18.1 Å². The smallest absolute Gasteiger partial charge is 0.141 e. The van der Waals surface area contributed by atoms with Crippen LogP contribution >= 0.6 is 0 Å². The Bertz CT molecular complexity index is 279. The highest BCUT2D eigenvalue weighted by Gasteiger charge is 2.11. The number of nitrogens with zero attached hydrogens (tertiary/aromatic N) is 3. The van der Waals surface area contributed by atoms with Crippen molar-refractivity contribution in [2.75, 3.05) is 12.8 Å². The molecule has 0 amide bonds. The quantitative estimate of drug-likeness (QED) is 0.800. The summed E-state index contributed by atoms with van der Waals surface area (Å²) >= 11 is 0. The Labute approximate surface area is 91.5 Å². The van der Waals surface area contributed by atoms with Gasteiger partial charge in [0.05, 0.1) is 18.1 Å². The number of hydrogen-bond acceptors (Lipinski definition) is 4. The summed E-state index contributed by atoms with van der Waals surface area (Å²) in [4.78, 5) is 10.6. The summed E-state index contributed by atoms with van der Waals surface area (Å²) in [6.45, 7) is 5.25. The molecule has 0 aliphatic rings. The van der Waals surface area contributed by atoms with Crippen LogP contribution in [-0.4, -0.2) is 28.0 Å². The van der Waals surface area contributed by atoms with Gasteiger partial charge in [-0.15, -0.1) is 0 Å². The molecule has 1 rings (SSSR count). The lowest BCUT2D eigenvalue weighted by Crippen LogP contribution is -2.30. The third-order valence-corrected chi connectivity index (χ3v) is 2.70. The molecule has 1 aromatic rings. The zero-order valence-corrected chi connectivity index (χ0v) is 9.77. The topological polar surface area (TPSA) is 55.0 Å². The van der Waals surface area contributed by atoms with Crippen molar-refractivity contribution in [2.45, 2.75) is 39.3 Å². The van der Waals surface area contributed by atoms with Gasteiger partial charge in [-0.25, -0.2) is 4.98 Å². The molecular formula is C11H20N4. The maximum atomic E-state index is 5.48. The molecule has 0 bridgehead atoms. The molecule has 0 fully saturated rings. The van der Waals surface area contributed by atoms with E-state index in [9.17, 15) is 0 Å². The van der Waals surface area contributed by atoms with Gasteiger partial charge in [-0.1, -0.05) is 13.8 Å². The fraction of sp³-hybridized carbons (Fsp3) is 0.636. The van der Waals surface area contributed by atoms with Crippen molar-refractivity contribution >= 4 is 5.82 Å². The molecule has 0 saturated carbocycles. The van der Waals surface area contributed by atoms with E-state index in [4.69, 9.17) is 5.73 Å². The molecule has 0 atom stereocenters. The third kappa shape index (κ3) is 3.47. The number of hydrogen-bond donors (Lipinski definition) is 1. The molecule has 0 aliphatic carbocycles. The minimum atomic E-state index is 0.476. The highest BCUT2D eigenvalue weighted by molar-refractivity contribution is 5.22. The molecule has 1 heterocycles. The van der Waals surface area contributed by atoms with Gasteiger partial charge in [0.25, 0.3) is 0 Å². The fourth-order valence-electron chi connectivity index (χ4n) is 1.74. The molecule has 4 nitrogen and oxygen atoms in total. The number of anilines is 1. The zero-order valence-electron chi connectivity index (χ0n) is 9.77. The Kier molecular flexibility index (Phi) is 4.49. The highest BCUT2D eigenvalue weighted by atomic mass is 15.1. The number of nitrogen functional groups attached to an aromatic ring is 1. The second-order valence-corrected chi connectivity index (χ2v) is 3.82. The van der Waals surface area contributed by atoms with E-state index < -0.39 is 0 Å². The fourth-order valence-corrected chi connectivity index (χ4v) is 1.74. The summed E-state index contributed by atoms with van der Waals surface area (Å²) in [7, 11) is 2.12. The van der Waals surface area contributed by atoms with Crippen molar-refractivity contribution in [3.8, 4) is 0 Å². The van der Waals surface area contributed by atoms with E-state index in [0.29, 0.717) is 11.9 Å². The molecule has 0 aliphatic heterocycles. The van der Waals surface area contributed by atoms with Crippen LogP contribution in [0.4, 0.5) is 5.82 Å². The van der Waals surface area contributed by atoms with E-state index in [1.54, 1.807) is 12.4 Å². The van der Waals surface area contributed by atoms with Gasteiger partial charge in [0.2, 0.25) is 0 Å². The number of nitrogens with two attached hydrogens (primary N) is 1. The van der Waals surface area contributed by atoms with Crippen LogP contribution in [0.2, 0.25) is 0 Å². The Hall–Kier alpha value is -1.16. The van der Waals surface area contributed by atoms with Crippen LogP contribution in [0.15, 0.2) is 12.4 Å². The van der Waals surface area contributed by atoms with Crippen LogP contribution in [0.1, 0.15) is 32.4 Å². The first-order valence-electron chi connectivity index (χ1n) is 5.44. The molecule has 0 unspecified atom stereocenters. The van der Waals surface area contributed by atoms with Crippen LogP contribution in [0.3, 0.4) is 0 Å². The molecule has 84 valence electrons. The molecule has 1 aromatic heterocycles. The van der Waals surface area contributed by atoms with Gasteiger partial charge in [-0.05, 0) is 19.9 Å². The first-order valence-corrected chi connectivity index (χ1v) is 5.44. The maximum absolute atomic E-state index is 5.48. The van der Waals surface area contributed by atoms with Crippen molar-refractivity contribution < 1.29 is 0 Å². The van der Waals surface area contributed by atoms with E-state index in [2.05, 4.69) is 35.8 Å². The first-order chi connectivity index (χ1) is 7.17. The molecular weight excluding hydrogens is 188 g/mol. The normalized spacial score (nSPS) is 11.3. The minimum absolute atomic E-state index is 0.476. The van der Waals surface area contributed by atoms with Crippen molar-refractivity contribution in [2.24, 2.45) is 0 Å². The molecule has 0 aromatic carbocycles. The summed E-state index contributed by atoms with van der Waals surface area (Å²) in [5.74, 6) is 0.476. The maximum Gasteiger partial charge on any atom is 0.141 e. The monoisotopic (exact) mass is 208 g/mol. The Morgan fingerprint density at radius 3 is 2.40 bits per heavy atom. The van der Waals surface area contributed by atoms with E-state index in [1.165, 1.54) is 0 Å². The molecule has 15 heavy (non-hydrogen) atoms. The van der Waals surface area contributed by atoms with E-state index in [0.717, 1.165) is 25.1 Å². The van der Waals surface area contributed by atoms with Gasteiger partial charge in [0.1, 0.15) is 5.82 Å². The second kappa shape index (κ2) is 5.66. The van der Waals surface area contributed by atoms with E-state index >= 15 is 0 Å². The predicted octanol–water partition coefficient (Wildman–Crippen LogP) is 1.68. The highest BCUT2D eigenvalue weighted by Crippen LogP contribution is 2.09. The number of aromatic nitrogens is 2. The summed E-state index contributed by atoms with van der Waals surface area (Å²) in [6, 6.07) is 0.615. The van der Waals surface area contributed by atoms with E-state index in [1.807, 2.05) is 0 Å². The van der Waals surface area contributed by atoms with Crippen LogP contribution in [0.25, 0.3) is 0 Å². The SMILES string of the molecule is CCC(CC)N(C)Cc1cnc(N)cn1. The van der Waals surface area contributed by atoms with Crippen LogP contribution in [0.5, 0.6) is 0 Å². The summed E-state index contributed by atoms with van der Waals surface area (Å²) < 4.78 is 0. The Morgan fingerprint density at radius 1 is 1.27 bits per heavy atom. The molecule has 0 radical (unpaired) electrons. The first kappa shape index (κ1) is 11.9. The average Bonchev–Trinajstić information content (AvgIpc) is 2.23. The van der Waals surface area contributed by atoms with E-state index in [-0.39, 0.29) is 0 Å². The van der Waals surface area contributed by atoms with Crippen molar-refractivity contribution in [1.29, 1.82) is 0 Å². The molecule has 0 saturated heterocycles. The summed E-state index contributed by atoms with van der Waals surface area (Å²) in [5, 5.41) is 0. The third-order valence-electron chi connectivity index (χ3n) is 2.70. The minimum Gasteiger partial charge on any atom is -0.382 e. The standard InChI is InChI=1S/C11H20N4/c1-4-10(5-2)15(3)8-9-6-14-11(12)7-13-9/h6-7,10H,4-5,8H2,1-3H3,(H2,12,14). The molecule has 4 heteroatoms. The van der Waals surface area contributed by atoms with Gasteiger partial charge in [0, 0.05) is 12.6 Å². The van der Waals surface area contributed by atoms with Gasteiger partial charge < -0.3 is 5.73 Å². The Balaban J connectivity index is 2.57. The lowest BCUT2D eigenvalue weighted by molar-refractivity contribution is 0.219. The molecule has 0 spiro atoms. The van der Waals surface area contributed by atoms with Crippen LogP contribution in [-0.2, 0) is 6.54 Å². The van der Waals surface area contributed by atoms with Crippen molar-refractivity contribution in [1.82, 2.24) is 14.9 Å². The zero-order chi connectivity index (χ0) is 11.3. The largest absolute Gasteiger partial charge is 0.382 e. The second-order valence-electron chi connectivity index (χ2n) is 3.82. The summed E-state index contributed by atoms with van der Waals surface area (Å²) in [6.07, 6.45) is 5.68. The molecule has 2 N–H and O–H groups in total. The van der Waals surface area contributed by atoms with Gasteiger partial charge in [-0.2, -0.15) is 0 Å². The van der Waals surface area contributed by atoms with Gasteiger partial charge in [0.15, 0.2) is 0 Å². The van der Waals surface area contributed by atoms with Gasteiger partial charge >= 0.3 is 0 Å². The van der Waals surface area contributed by atoms with Crippen LogP contribution in [0, 0.1) is 0 Å². The number of rotatable bonds is 5.